The summed E-state index contributed by atoms with van der Waals surface area (Å²) in [5.41, 5.74) is 17.7. The molecule has 2 fully saturated rings. The number of benzene rings is 3. The van der Waals surface area contributed by atoms with Crippen LogP contribution in [0.1, 0.15) is 148 Å². The van der Waals surface area contributed by atoms with Crippen LogP contribution in [0.5, 0.6) is 17.2 Å². The molecule has 0 spiro atoms. The van der Waals surface area contributed by atoms with Gasteiger partial charge in [-0.2, -0.15) is 0 Å². The number of rotatable bonds is 57. The highest BCUT2D eigenvalue weighted by atomic mass is 16.4. The van der Waals surface area contributed by atoms with E-state index in [1.165, 1.54) is 106 Å². The van der Waals surface area contributed by atoms with Gasteiger partial charge in [-0.15, -0.1) is 0 Å². The number of nitrogens with two attached hydrogens (primary N) is 3. The normalized spacial score (nSPS) is 17.0. The number of carboxylic acid groups (broad SMARTS) is 3. The van der Waals surface area contributed by atoms with Gasteiger partial charge in [-0.25, -0.2) is 9.78 Å². The third-order valence-electron chi connectivity index (χ3n) is 23.0. The van der Waals surface area contributed by atoms with E-state index in [9.17, 15) is 147 Å². The number of amides is 18. The number of nitrogens with one attached hydrogen (secondary N) is 15. The Morgan fingerprint density at radius 3 is 1.18 bits per heavy atom. The van der Waals surface area contributed by atoms with E-state index in [-0.39, 0.29) is 90.7 Å². The molecule has 0 bridgehead atoms. The Hall–Kier alpha value is -15.1. The number of aromatic amines is 1. The van der Waals surface area contributed by atoms with Crippen LogP contribution in [0.3, 0.4) is 0 Å². The lowest BCUT2D eigenvalue weighted by Gasteiger charge is -2.34. The van der Waals surface area contributed by atoms with Crippen molar-refractivity contribution in [3.8, 4) is 17.2 Å². The number of aliphatic hydroxyl groups is 4. The average Bonchev–Trinajstić information content (AvgIpc) is 1.64. The highest BCUT2D eigenvalue weighted by Gasteiger charge is 2.47. The molecular formula is C90H127N21O31. The maximum absolute atomic E-state index is 15.0. The lowest BCUT2D eigenvalue weighted by molar-refractivity contribution is -0.150. The number of aliphatic hydroxyl groups excluding tert-OH is 4. The number of nitrogens with zero attached hydrogens (tertiary/aromatic N) is 3. The summed E-state index contributed by atoms with van der Waals surface area (Å²) in [5.74, 6) is -26.5. The van der Waals surface area contributed by atoms with Gasteiger partial charge in [0, 0.05) is 69.9 Å². The highest BCUT2D eigenvalue weighted by molar-refractivity contribution is 6.02. The van der Waals surface area contributed by atoms with Crippen LogP contribution in [0.2, 0.25) is 0 Å². The summed E-state index contributed by atoms with van der Waals surface area (Å²) in [4.78, 5) is 298. The molecule has 18 amide bonds. The van der Waals surface area contributed by atoms with Crippen LogP contribution in [0, 0.1) is 11.8 Å². The summed E-state index contributed by atoms with van der Waals surface area (Å²) in [6, 6.07) is -13.8. The van der Waals surface area contributed by atoms with Crippen LogP contribution in [0.4, 0.5) is 0 Å². The quantitative estimate of drug-likeness (QED) is 0.0195. The zero-order valence-corrected chi connectivity index (χ0v) is 79.0. The summed E-state index contributed by atoms with van der Waals surface area (Å²) in [5, 5.41) is 135. The van der Waals surface area contributed by atoms with E-state index in [4.69, 9.17) is 22.3 Å². The van der Waals surface area contributed by atoms with E-state index >= 15 is 0 Å². The minimum Gasteiger partial charge on any atom is -0.508 e. The number of likely N-dealkylation sites (tertiary alicyclic amines) is 2. The number of phenolic OH excluding ortho intramolecular Hbond substituents is 3. The van der Waals surface area contributed by atoms with E-state index in [0.717, 1.165) is 23.6 Å². The molecule has 4 aromatic rings. The number of imidazole rings is 1. The third-order valence-corrected chi connectivity index (χ3v) is 23.0. The molecule has 3 heterocycles. The van der Waals surface area contributed by atoms with Crippen LogP contribution < -0.4 is 91.6 Å². The van der Waals surface area contributed by atoms with Crippen molar-refractivity contribution in [3.63, 3.8) is 0 Å². The second kappa shape index (κ2) is 55.7. The molecule has 3 aromatic carbocycles. The van der Waals surface area contributed by atoms with Crippen LogP contribution in [-0.2, 0) is 126 Å². The van der Waals surface area contributed by atoms with E-state index in [1.54, 1.807) is 13.8 Å². The van der Waals surface area contributed by atoms with Gasteiger partial charge in [-0.3, -0.25) is 95.9 Å². The fourth-order valence-electron chi connectivity index (χ4n) is 15.2. The summed E-state index contributed by atoms with van der Waals surface area (Å²) < 4.78 is 0. The lowest BCUT2D eigenvalue weighted by Crippen LogP contribution is -2.62. The van der Waals surface area contributed by atoms with Gasteiger partial charge in [-0.1, -0.05) is 64.1 Å². The molecule has 0 saturated carbocycles. The summed E-state index contributed by atoms with van der Waals surface area (Å²) >= 11 is 0. The van der Waals surface area contributed by atoms with Crippen molar-refractivity contribution >= 4 is 124 Å². The highest BCUT2D eigenvalue weighted by Crippen LogP contribution is 2.28. The van der Waals surface area contributed by atoms with Crippen LogP contribution in [0.15, 0.2) is 85.3 Å². The van der Waals surface area contributed by atoms with E-state index in [1.807, 2.05) is 0 Å². The Balaban J connectivity index is 1.22. The molecule has 52 heteroatoms. The molecule has 2 aliphatic heterocycles. The van der Waals surface area contributed by atoms with E-state index in [0.29, 0.717) is 6.42 Å². The van der Waals surface area contributed by atoms with Gasteiger partial charge in [-0.05, 0) is 137 Å². The Morgan fingerprint density at radius 2 is 0.775 bits per heavy atom. The molecule has 0 aliphatic carbocycles. The first kappa shape index (κ1) is 116. The maximum atomic E-state index is 15.0. The number of H-pyrrole nitrogens is 1. The van der Waals surface area contributed by atoms with Crippen molar-refractivity contribution in [1.29, 1.82) is 0 Å². The molecule has 6 rings (SSSR count). The predicted octanol–water partition coefficient (Wildman–Crippen LogP) is -8.68. The second-order valence-corrected chi connectivity index (χ2v) is 35.3. The second-order valence-electron chi connectivity index (χ2n) is 35.3. The van der Waals surface area contributed by atoms with Gasteiger partial charge >= 0.3 is 17.9 Å². The molecule has 2 saturated heterocycles. The van der Waals surface area contributed by atoms with E-state index < -0.39 is 322 Å². The van der Waals surface area contributed by atoms with Crippen molar-refractivity contribution in [3.05, 3.63) is 108 Å². The number of carbonyl (C=O) groups is 21. The van der Waals surface area contributed by atoms with Gasteiger partial charge < -0.3 is 157 Å². The van der Waals surface area contributed by atoms with Crippen molar-refractivity contribution in [2.75, 3.05) is 26.3 Å². The molecule has 2 aliphatic rings. The zero-order chi connectivity index (χ0) is 106. The monoisotopic (exact) mass is 2000 g/mol. The molecule has 0 radical (unpaired) electrons. The predicted molar refractivity (Wildman–Crippen MR) is 493 cm³/mol. The first-order valence-corrected chi connectivity index (χ1v) is 45.6. The van der Waals surface area contributed by atoms with Gasteiger partial charge in [0.1, 0.15) is 108 Å². The van der Waals surface area contributed by atoms with Crippen molar-refractivity contribution in [2.24, 2.45) is 29.0 Å². The Bertz CT molecular complexity index is 5110. The SMILES string of the molecule is CC(C)C[C@H](NC(=O)[C@H](CC(=O)O)NC(=O)[C@@H](N)CCC(=O)O)C(=O)N[C@@H](C)C(=O)N[C@H](C(=O)N[C@@H](Cc1ccc(O)cc1)C(=O)N[C@@H](Cc1ccc(O)cc1)C(=O)N[C@@H](CO)C(=O)N[C@@H](CCC(N)=O)C(=O)N[C@@H](CCC(N)=O)C(=O)N[C@@H](Cc1cnc[nH]1)C(=O)N[C@@H](Cc1ccc(O)cc1)C(=O)N[C@@H](CO)C(=O)N[C@H](C(=O)N1CCC[C@H]1C(=O)N1CCC[C@H]1C(=O)N[C@H](C(=O)O)[C@@H](C)O)[C@@H](C)O)C(C)C. The first-order valence-electron chi connectivity index (χ1n) is 45.6. The number of hydrogen-bond acceptors (Lipinski definition) is 30. The molecule has 142 heavy (non-hydrogen) atoms. The van der Waals surface area contributed by atoms with Crippen LogP contribution in [0.25, 0.3) is 0 Å². The number of aromatic nitrogens is 2. The smallest absolute Gasteiger partial charge is 0.328 e. The molecule has 0 unspecified atom stereocenters. The number of phenols is 3. The largest absolute Gasteiger partial charge is 0.508 e. The van der Waals surface area contributed by atoms with Crippen LogP contribution in [-0.4, -0.2) is 336 Å². The van der Waals surface area contributed by atoms with Crippen molar-refractivity contribution < 1.29 is 152 Å². The minimum absolute atomic E-state index is 0.0113. The Morgan fingerprint density at radius 1 is 0.401 bits per heavy atom. The summed E-state index contributed by atoms with van der Waals surface area (Å²) in [7, 11) is 0. The van der Waals surface area contributed by atoms with Crippen molar-refractivity contribution in [2.45, 2.75) is 266 Å². The first-order chi connectivity index (χ1) is 66.9. The molecule has 52 nitrogen and oxygen atoms in total. The Kier molecular flexibility index (Phi) is 45.3. The number of aromatic hydroxyl groups is 3. The molecular weight excluding hydrogens is 1870 g/mol. The zero-order valence-electron chi connectivity index (χ0n) is 79.0. The van der Waals surface area contributed by atoms with Crippen LogP contribution >= 0.6 is 0 Å². The number of hydrogen-bond donors (Lipinski definition) is 28. The van der Waals surface area contributed by atoms with Gasteiger partial charge in [0.2, 0.25) is 106 Å². The Labute approximate surface area is 813 Å². The standard InChI is InChI=1S/C90H127N21O31/c1-42(2)32-57(100-83(134)62(37-70(123)124)99-75(126)54(91)24-29-69(121)122)78(129)96-44(5)74(125)107-71(43(3)4)87(138)104-60(35-49-16-22-53(118)23-17-49)79(130)101-58(33-47-12-18-51(116)19-13-47)80(131)105-63(39-112)84(135)98-55(25-27-67(92)119)76(127)97-56(26-28-68(93)120)77(128)103-61(36-50-38-94-41-95-50)82(133)102-59(34-48-14-20-52(117)21-15-48)81(132)106-64(40-113)85(136)108-72(45(6)114)89(140)111-31-9-11-66(111)88(139)110-30-8-10-65(110)86(137)109-73(46(7)115)90(141)142/h12-23,38,41-46,54-66,71-73,112-118H,8-11,24-37,39-40,91H2,1-7H3,(H2,92,119)(H2,93,120)(H,94,95)(H,96,129)(H,97,127)(H,98,135)(H,99,126)(H,100,134)(H,101,130)(H,102,133)(H,103,128)(H,104,138)(H,105,131)(H,106,132)(H,107,125)(H,108,136)(H,109,137)(H,121,122)(H,123,124)(H,141,142)/t44-,45+,46+,54-,55-,56-,57-,58-,59-,60-,61-,62-,63-,64-,65-,66-,71-,72-,73-/m0/s1. The minimum atomic E-state index is -2.11. The fraction of sp³-hybridized carbons (Fsp3) is 0.533. The fourth-order valence-corrected chi connectivity index (χ4v) is 15.2. The average molecular weight is 2000 g/mol. The summed E-state index contributed by atoms with van der Waals surface area (Å²) in [6.07, 6.45) is -7.01. The number of carboxylic acids is 3. The van der Waals surface area contributed by atoms with Crippen molar-refractivity contribution in [1.82, 2.24) is 94.2 Å². The molecule has 778 valence electrons. The number of carbonyl (C=O) groups excluding carboxylic acids is 18. The number of aliphatic carboxylic acids is 3. The lowest BCUT2D eigenvalue weighted by atomic mass is 9.99. The molecule has 19 atom stereocenters. The summed E-state index contributed by atoms with van der Waals surface area (Å²) in [6.45, 7) is 7.14. The van der Waals surface area contributed by atoms with E-state index in [2.05, 4.69) is 84.4 Å². The third kappa shape index (κ3) is 36.6. The number of primary amides is 2. The topological polar surface area (TPSA) is 842 Å². The van der Waals surface area contributed by atoms with Gasteiger partial charge in [0.05, 0.1) is 44.2 Å². The van der Waals surface area contributed by atoms with Gasteiger partial charge in [0.15, 0.2) is 6.04 Å². The molecule has 31 N–H and O–H groups in total. The molecule has 1 aromatic heterocycles. The van der Waals surface area contributed by atoms with Gasteiger partial charge in [0.25, 0.3) is 0 Å². The maximum Gasteiger partial charge on any atom is 0.328 e.